The van der Waals surface area contributed by atoms with Gasteiger partial charge in [0.2, 0.25) is 0 Å². The van der Waals surface area contributed by atoms with Gasteiger partial charge in [-0.25, -0.2) is 0 Å². The van der Waals surface area contributed by atoms with Gasteiger partial charge < -0.3 is 0 Å². The normalized spacial score (nSPS) is 11.3. The molecule has 0 spiro atoms. The van der Waals surface area contributed by atoms with E-state index in [0.29, 0.717) is 0 Å². The largest absolute Gasteiger partial charge is 0.0776 e. The fourth-order valence-electron chi connectivity index (χ4n) is 3.74. The van der Waals surface area contributed by atoms with Crippen molar-refractivity contribution in [3.05, 3.63) is 142 Å². The van der Waals surface area contributed by atoms with E-state index in [1.807, 2.05) is 0 Å². The van der Waals surface area contributed by atoms with Crippen LogP contribution in [-0.4, -0.2) is 0 Å². The maximum Gasteiger partial charge on any atom is -0.0108 e. The smallest absolute Gasteiger partial charge is 0.0108 e. The number of fused-ring (bicyclic) bond motifs is 1. The van der Waals surface area contributed by atoms with Crippen LogP contribution in [0.3, 0.4) is 0 Å². The molecule has 0 amide bonds. The third-order valence-electron chi connectivity index (χ3n) is 6.21. The van der Waals surface area contributed by atoms with E-state index in [1.54, 1.807) is 0 Å². The Balaban J connectivity index is 0.000000244. The number of hydrogen-bond acceptors (Lipinski definition) is 0. The van der Waals surface area contributed by atoms with Gasteiger partial charge in [0, 0.05) is 0 Å². The third kappa shape index (κ3) is 10.5. The van der Waals surface area contributed by atoms with Crippen LogP contribution < -0.4 is 0 Å². The van der Waals surface area contributed by atoms with Crippen molar-refractivity contribution in [3.8, 4) is 0 Å². The van der Waals surface area contributed by atoms with Crippen LogP contribution >= 0.6 is 0 Å². The molecule has 0 N–H and O–H groups in total. The Morgan fingerprint density at radius 3 is 1.00 bits per heavy atom. The van der Waals surface area contributed by atoms with Gasteiger partial charge in [0.25, 0.3) is 0 Å². The van der Waals surface area contributed by atoms with E-state index in [-0.39, 0.29) is 7.43 Å². The zero-order chi connectivity index (χ0) is 25.8. The van der Waals surface area contributed by atoms with Gasteiger partial charge in [-0.1, -0.05) is 127 Å². The lowest BCUT2D eigenvalue weighted by atomic mass is 10.0. The van der Waals surface area contributed by atoms with Crippen LogP contribution in [0.1, 0.15) is 61.1 Å². The van der Waals surface area contributed by atoms with Gasteiger partial charge in [0.1, 0.15) is 0 Å². The Hall–Kier alpha value is -3.38. The Morgan fingerprint density at radius 1 is 0.389 bits per heavy atom. The Morgan fingerprint density at radius 2 is 0.722 bits per heavy atom. The highest BCUT2D eigenvalue weighted by Crippen LogP contribution is 2.21. The van der Waals surface area contributed by atoms with Crippen molar-refractivity contribution < 1.29 is 0 Å². The van der Waals surface area contributed by atoms with E-state index in [2.05, 4.69) is 152 Å². The predicted molar refractivity (Wildman–Crippen MR) is 164 cm³/mol. The summed E-state index contributed by atoms with van der Waals surface area (Å²) in [7, 11) is 0. The first-order valence-corrected chi connectivity index (χ1v) is 12.5. The molecule has 0 atom stereocenters. The molecule has 0 aliphatic heterocycles. The minimum absolute atomic E-state index is 0. The molecule has 4 aromatic rings. The van der Waals surface area contributed by atoms with Gasteiger partial charge >= 0.3 is 0 Å². The molecule has 0 heteroatoms. The summed E-state index contributed by atoms with van der Waals surface area (Å²) < 4.78 is 0. The summed E-state index contributed by atoms with van der Waals surface area (Å²) in [4.78, 5) is 0. The molecule has 0 saturated carbocycles. The summed E-state index contributed by atoms with van der Waals surface area (Å²) in [6, 6.07) is 29.7. The fraction of sp³-hybridized carbons (Fsp3) is 0.278. The number of hydrogen-bond donors (Lipinski definition) is 0. The van der Waals surface area contributed by atoms with Gasteiger partial charge in [-0.3, -0.25) is 0 Å². The number of aryl methyl sites for hydroxylation is 6. The van der Waals surface area contributed by atoms with Crippen LogP contribution in [0.15, 0.2) is 108 Å². The van der Waals surface area contributed by atoms with Crippen LogP contribution in [0.25, 0.3) is 10.8 Å². The van der Waals surface area contributed by atoms with E-state index < -0.39 is 0 Å². The lowest BCUT2D eigenvalue weighted by Gasteiger charge is -2.03. The van der Waals surface area contributed by atoms with E-state index in [1.165, 1.54) is 61.7 Å². The van der Waals surface area contributed by atoms with Crippen molar-refractivity contribution in [2.45, 2.75) is 69.2 Å². The molecule has 36 heavy (non-hydrogen) atoms. The number of benzene rings is 4. The summed E-state index contributed by atoms with van der Waals surface area (Å²) in [5, 5.41) is 2.75. The second-order valence-corrected chi connectivity index (χ2v) is 9.69. The molecule has 1 aliphatic carbocycles. The van der Waals surface area contributed by atoms with Crippen molar-refractivity contribution in [2.24, 2.45) is 0 Å². The van der Waals surface area contributed by atoms with Gasteiger partial charge in [-0.05, 0) is 94.8 Å². The predicted octanol–water partition coefficient (Wildman–Crippen LogP) is 11.0. The molecule has 0 unspecified atom stereocenters. The molecule has 0 heterocycles. The zero-order valence-corrected chi connectivity index (χ0v) is 22.9. The van der Waals surface area contributed by atoms with Crippen molar-refractivity contribution >= 4 is 10.8 Å². The summed E-state index contributed by atoms with van der Waals surface area (Å²) >= 11 is 0. The average Bonchev–Trinajstić information content (AvgIpc) is 3.24. The van der Waals surface area contributed by atoms with Crippen LogP contribution in [0.4, 0.5) is 0 Å². The maximum absolute atomic E-state index is 2.18. The molecule has 4 aromatic carbocycles. The second kappa shape index (κ2) is 15.6. The topological polar surface area (TPSA) is 0 Å². The minimum atomic E-state index is 0. The summed E-state index contributed by atoms with van der Waals surface area (Å²) in [6.45, 7) is 17.1. The highest BCUT2D eigenvalue weighted by atomic mass is 14.0. The fourth-order valence-corrected chi connectivity index (χ4v) is 3.74. The van der Waals surface area contributed by atoms with Crippen LogP contribution in [0.5, 0.6) is 0 Å². The Labute approximate surface area is 221 Å². The number of allylic oxidation sites excluding steroid dienone is 4. The highest BCUT2D eigenvalue weighted by molar-refractivity contribution is 5.88. The molecular weight excluding hydrogens is 432 g/mol. The van der Waals surface area contributed by atoms with Crippen molar-refractivity contribution in [1.29, 1.82) is 0 Å². The second-order valence-electron chi connectivity index (χ2n) is 9.69. The highest BCUT2D eigenvalue weighted by Gasteiger charge is 1.97. The summed E-state index contributed by atoms with van der Waals surface area (Å²) in [5.41, 5.74) is 11.1. The third-order valence-corrected chi connectivity index (χ3v) is 6.21. The molecule has 0 radical (unpaired) electrons. The Bertz CT molecular complexity index is 1170. The average molecular weight is 479 g/mol. The van der Waals surface area contributed by atoms with Crippen molar-refractivity contribution in [2.75, 3.05) is 0 Å². The van der Waals surface area contributed by atoms with Gasteiger partial charge in [0.05, 0.1) is 0 Å². The standard InChI is InChI=1S/C12H12.2C8H10.C7H10.CH4/c1-9-7-8-10(2)12-6-4-3-5-11(9)12;1-7-3-5-8(2)6-4-7;1-7-5-3-4-6-8(7)2;1-6-3-4-7(2)5-6;/h3-8H,1-2H3;2*3-6H,1-2H3;3-4H,5H2,1-2H3;1H4. The molecule has 1 aliphatic rings. The van der Waals surface area contributed by atoms with Crippen LogP contribution in [0.2, 0.25) is 0 Å². The zero-order valence-electron chi connectivity index (χ0n) is 22.9. The summed E-state index contributed by atoms with van der Waals surface area (Å²) in [5.74, 6) is 0. The first-order chi connectivity index (χ1) is 16.7. The first-order valence-electron chi connectivity index (χ1n) is 12.5. The molecule has 0 bridgehead atoms. The Kier molecular flexibility index (Phi) is 13.3. The van der Waals surface area contributed by atoms with Gasteiger partial charge in [0.15, 0.2) is 0 Å². The van der Waals surface area contributed by atoms with E-state index in [0.717, 1.165) is 0 Å². The van der Waals surface area contributed by atoms with E-state index in [4.69, 9.17) is 0 Å². The molecule has 0 aromatic heterocycles. The molecule has 190 valence electrons. The maximum atomic E-state index is 2.18. The van der Waals surface area contributed by atoms with Crippen LogP contribution in [0, 0.1) is 41.5 Å². The number of rotatable bonds is 0. The monoisotopic (exact) mass is 478 g/mol. The van der Waals surface area contributed by atoms with Gasteiger partial charge in [-0.15, -0.1) is 0 Å². The van der Waals surface area contributed by atoms with Gasteiger partial charge in [-0.2, -0.15) is 0 Å². The van der Waals surface area contributed by atoms with E-state index >= 15 is 0 Å². The van der Waals surface area contributed by atoms with Crippen molar-refractivity contribution in [3.63, 3.8) is 0 Å². The lowest BCUT2D eigenvalue weighted by molar-refractivity contribution is 1.15. The first kappa shape index (κ1) is 30.7. The molecular formula is C36H46. The molecule has 0 fully saturated rings. The quantitative estimate of drug-likeness (QED) is 0.236. The molecule has 0 nitrogen and oxygen atoms in total. The minimum Gasteiger partial charge on any atom is -0.0776 e. The van der Waals surface area contributed by atoms with Crippen molar-refractivity contribution in [1.82, 2.24) is 0 Å². The molecule has 5 rings (SSSR count). The SMILES string of the molecule is C.CC1=CC=C(C)C1.Cc1ccc(C)c2ccccc12.Cc1ccc(C)cc1.Cc1ccccc1C. The van der Waals surface area contributed by atoms with E-state index in [9.17, 15) is 0 Å². The van der Waals surface area contributed by atoms with Crippen LogP contribution in [-0.2, 0) is 0 Å². The molecule has 0 saturated heterocycles. The lowest BCUT2D eigenvalue weighted by Crippen LogP contribution is -1.80. The summed E-state index contributed by atoms with van der Waals surface area (Å²) in [6.07, 6.45) is 5.55.